The molecule has 2 N–H and O–H groups in total. The van der Waals surface area contributed by atoms with Crippen LogP contribution in [0.4, 0.5) is 4.39 Å². The summed E-state index contributed by atoms with van der Waals surface area (Å²) in [5.74, 6) is 0.599. The second-order valence-electron chi connectivity index (χ2n) is 7.93. The second-order valence-corrected chi connectivity index (χ2v) is 7.93. The molecule has 2 aliphatic rings. The molecule has 0 saturated heterocycles. The summed E-state index contributed by atoms with van der Waals surface area (Å²) in [4.78, 5) is 12.8. The van der Waals surface area contributed by atoms with E-state index in [2.05, 4.69) is 5.32 Å². The number of rotatable bonds is 9. The van der Waals surface area contributed by atoms with Gasteiger partial charge in [-0.3, -0.25) is 4.79 Å². The van der Waals surface area contributed by atoms with Crippen LogP contribution in [0.1, 0.15) is 51.0 Å². The van der Waals surface area contributed by atoms with E-state index in [4.69, 9.17) is 9.47 Å². The van der Waals surface area contributed by atoms with Crippen LogP contribution in [0.2, 0.25) is 0 Å². The predicted octanol–water partition coefficient (Wildman–Crippen LogP) is 3.91. The minimum absolute atomic E-state index is 0.138. The van der Waals surface area contributed by atoms with E-state index in [0.29, 0.717) is 31.2 Å². The molecule has 1 amide bonds. The van der Waals surface area contributed by atoms with Crippen LogP contribution in [0.25, 0.3) is 0 Å². The Labute approximate surface area is 172 Å². The normalized spacial score (nSPS) is 24.8. The SMILES string of the molecule is CCO[C@H]1OC(C(=O)NCc2ccc(F)cc2)=C[C@@H](C2CCCC2)[C@@H]1CCCO. The Morgan fingerprint density at radius 3 is 2.66 bits per heavy atom. The molecule has 1 aromatic rings. The monoisotopic (exact) mass is 405 g/mol. The summed E-state index contributed by atoms with van der Waals surface area (Å²) in [6.07, 6.45) is 7.74. The van der Waals surface area contributed by atoms with Crippen LogP contribution >= 0.6 is 0 Å². The fourth-order valence-corrected chi connectivity index (χ4v) is 4.54. The molecule has 6 heteroatoms. The highest BCUT2D eigenvalue weighted by molar-refractivity contribution is 5.91. The van der Waals surface area contributed by atoms with Crippen molar-refractivity contribution < 1.29 is 23.8 Å². The number of aliphatic hydroxyl groups excluding tert-OH is 1. The molecule has 3 atom stereocenters. The number of ether oxygens (including phenoxy) is 2. The van der Waals surface area contributed by atoms with Crippen molar-refractivity contribution in [1.29, 1.82) is 0 Å². The molecule has 0 radical (unpaired) electrons. The summed E-state index contributed by atoms with van der Waals surface area (Å²) in [7, 11) is 0. The van der Waals surface area contributed by atoms with Crippen LogP contribution < -0.4 is 5.32 Å². The number of benzene rings is 1. The number of carbonyl (C=O) groups excluding carboxylic acids is 1. The molecule has 0 unspecified atom stereocenters. The van der Waals surface area contributed by atoms with Crippen LogP contribution in [0.15, 0.2) is 36.1 Å². The van der Waals surface area contributed by atoms with Gasteiger partial charge in [-0.2, -0.15) is 0 Å². The third-order valence-electron chi connectivity index (χ3n) is 5.99. The van der Waals surface area contributed by atoms with Crippen molar-refractivity contribution in [2.75, 3.05) is 13.2 Å². The Morgan fingerprint density at radius 1 is 1.28 bits per heavy atom. The van der Waals surface area contributed by atoms with Gasteiger partial charge in [-0.1, -0.05) is 25.0 Å². The number of amides is 1. The van der Waals surface area contributed by atoms with E-state index in [1.165, 1.54) is 25.0 Å². The quantitative estimate of drug-likeness (QED) is 0.654. The lowest BCUT2D eigenvalue weighted by molar-refractivity contribution is -0.176. The Hall–Kier alpha value is -1.92. The first-order chi connectivity index (χ1) is 14.1. The minimum Gasteiger partial charge on any atom is -0.459 e. The van der Waals surface area contributed by atoms with Crippen molar-refractivity contribution in [2.24, 2.45) is 17.8 Å². The first kappa shape index (κ1) is 21.8. The highest BCUT2D eigenvalue weighted by Gasteiger charge is 2.41. The lowest BCUT2D eigenvalue weighted by Gasteiger charge is -2.39. The summed E-state index contributed by atoms with van der Waals surface area (Å²) in [5.41, 5.74) is 0.825. The van der Waals surface area contributed by atoms with Crippen molar-refractivity contribution >= 4 is 5.91 Å². The van der Waals surface area contributed by atoms with Gasteiger partial charge in [0.1, 0.15) is 5.82 Å². The number of hydrogen-bond acceptors (Lipinski definition) is 4. The second kappa shape index (κ2) is 10.7. The number of allylic oxidation sites excluding steroid dienone is 1. The van der Waals surface area contributed by atoms with E-state index < -0.39 is 6.29 Å². The van der Waals surface area contributed by atoms with Gasteiger partial charge in [0.2, 0.25) is 6.29 Å². The number of carbonyl (C=O) groups is 1. The summed E-state index contributed by atoms with van der Waals surface area (Å²) in [5, 5.41) is 12.2. The van der Waals surface area contributed by atoms with Crippen LogP contribution in [0.3, 0.4) is 0 Å². The van der Waals surface area contributed by atoms with Crippen molar-refractivity contribution in [1.82, 2.24) is 5.32 Å². The zero-order chi connectivity index (χ0) is 20.6. The van der Waals surface area contributed by atoms with Crippen LogP contribution in [0, 0.1) is 23.6 Å². The zero-order valence-electron chi connectivity index (χ0n) is 17.1. The van der Waals surface area contributed by atoms with Gasteiger partial charge >= 0.3 is 0 Å². The van der Waals surface area contributed by atoms with Crippen LogP contribution in [-0.2, 0) is 20.8 Å². The highest BCUT2D eigenvalue weighted by Crippen LogP contribution is 2.43. The lowest BCUT2D eigenvalue weighted by Crippen LogP contribution is -2.41. The molecule has 1 fully saturated rings. The molecule has 3 rings (SSSR count). The van der Waals surface area contributed by atoms with Crippen molar-refractivity contribution in [3.05, 3.63) is 47.5 Å². The smallest absolute Gasteiger partial charge is 0.286 e. The largest absolute Gasteiger partial charge is 0.459 e. The van der Waals surface area contributed by atoms with Gasteiger partial charge < -0.3 is 19.9 Å². The maximum atomic E-state index is 13.1. The van der Waals surface area contributed by atoms with Gasteiger partial charge in [0, 0.05) is 25.7 Å². The Kier molecular flexibility index (Phi) is 8.07. The van der Waals surface area contributed by atoms with E-state index in [-0.39, 0.29) is 30.2 Å². The molecule has 0 bridgehead atoms. The van der Waals surface area contributed by atoms with Gasteiger partial charge in [-0.05, 0) is 68.2 Å². The van der Waals surface area contributed by atoms with E-state index in [1.807, 2.05) is 13.0 Å². The van der Waals surface area contributed by atoms with E-state index in [0.717, 1.165) is 24.8 Å². The molecule has 160 valence electrons. The third kappa shape index (κ3) is 5.80. The minimum atomic E-state index is -0.478. The lowest BCUT2D eigenvalue weighted by atomic mass is 9.76. The first-order valence-corrected chi connectivity index (χ1v) is 10.8. The molecule has 1 aliphatic carbocycles. The van der Waals surface area contributed by atoms with Gasteiger partial charge in [0.05, 0.1) is 0 Å². The molecule has 1 aliphatic heterocycles. The maximum absolute atomic E-state index is 13.1. The van der Waals surface area contributed by atoms with E-state index in [9.17, 15) is 14.3 Å². The Bertz CT molecular complexity index is 685. The molecule has 29 heavy (non-hydrogen) atoms. The van der Waals surface area contributed by atoms with E-state index >= 15 is 0 Å². The predicted molar refractivity (Wildman–Crippen MR) is 108 cm³/mol. The average Bonchev–Trinajstić information content (AvgIpc) is 3.26. The molecular formula is C23H32FNO4. The molecule has 5 nitrogen and oxygen atoms in total. The summed E-state index contributed by atoms with van der Waals surface area (Å²) < 4.78 is 24.9. The number of nitrogens with one attached hydrogen (secondary N) is 1. The fraction of sp³-hybridized carbons (Fsp3) is 0.609. The van der Waals surface area contributed by atoms with Gasteiger partial charge in [0.15, 0.2) is 5.76 Å². The van der Waals surface area contributed by atoms with Crippen molar-refractivity contribution in [3.63, 3.8) is 0 Å². The van der Waals surface area contributed by atoms with Gasteiger partial charge in [-0.15, -0.1) is 0 Å². The average molecular weight is 406 g/mol. The first-order valence-electron chi connectivity index (χ1n) is 10.8. The van der Waals surface area contributed by atoms with Crippen LogP contribution in [0.5, 0.6) is 0 Å². The highest BCUT2D eigenvalue weighted by atomic mass is 19.1. The Balaban J connectivity index is 1.74. The van der Waals surface area contributed by atoms with E-state index in [1.54, 1.807) is 12.1 Å². The molecule has 0 spiro atoms. The van der Waals surface area contributed by atoms with Gasteiger partial charge in [-0.25, -0.2) is 4.39 Å². The topological polar surface area (TPSA) is 67.8 Å². The van der Waals surface area contributed by atoms with Gasteiger partial charge in [0.25, 0.3) is 5.91 Å². The molecule has 1 heterocycles. The van der Waals surface area contributed by atoms with Crippen molar-refractivity contribution in [3.8, 4) is 0 Å². The fourth-order valence-electron chi connectivity index (χ4n) is 4.54. The molecule has 1 saturated carbocycles. The number of hydrogen-bond donors (Lipinski definition) is 2. The maximum Gasteiger partial charge on any atom is 0.286 e. The summed E-state index contributed by atoms with van der Waals surface area (Å²) in [6.45, 7) is 2.87. The third-order valence-corrected chi connectivity index (χ3v) is 5.99. The number of aliphatic hydroxyl groups is 1. The zero-order valence-corrected chi connectivity index (χ0v) is 17.1. The molecule has 1 aromatic carbocycles. The number of halogens is 1. The standard InChI is InChI=1S/C23H32FNO4/c1-2-28-23-19(8-5-13-26)20(17-6-3-4-7-17)14-21(29-23)22(27)25-15-16-9-11-18(24)12-10-16/h9-12,14,17,19-20,23,26H,2-8,13,15H2,1H3,(H,25,27)/t19-,20-,23-/m0/s1. The summed E-state index contributed by atoms with van der Waals surface area (Å²) in [6, 6.07) is 6.07. The van der Waals surface area contributed by atoms with Crippen LogP contribution in [-0.4, -0.2) is 30.5 Å². The van der Waals surface area contributed by atoms with Crippen molar-refractivity contribution in [2.45, 2.75) is 58.3 Å². The molecule has 0 aromatic heterocycles. The summed E-state index contributed by atoms with van der Waals surface area (Å²) >= 11 is 0. The molecular weight excluding hydrogens is 373 g/mol. The Morgan fingerprint density at radius 2 is 2.00 bits per heavy atom.